The Morgan fingerprint density at radius 3 is 2.85 bits per heavy atom. The summed E-state index contributed by atoms with van der Waals surface area (Å²) in [5.74, 6) is -0.665. The zero-order chi connectivity index (χ0) is 19.0. The van der Waals surface area contributed by atoms with Crippen LogP contribution in [0.25, 0.3) is 11.1 Å². The lowest BCUT2D eigenvalue weighted by atomic mass is 10.1. The minimum absolute atomic E-state index is 0.119. The smallest absolute Gasteiger partial charge is 0.251 e. The number of nitrogens with zero attached hydrogens (tertiary/aromatic N) is 2. The van der Waals surface area contributed by atoms with Crippen LogP contribution in [0.3, 0.4) is 0 Å². The molecule has 1 atom stereocenters. The molecule has 6 nitrogen and oxygen atoms in total. The summed E-state index contributed by atoms with van der Waals surface area (Å²) >= 11 is 6.03. The van der Waals surface area contributed by atoms with Gasteiger partial charge in [0, 0.05) is 16.3 Å². The fourth-order valence-corrected chi connectivity index (χ4v) is 3.22. The maximum Gasteiger partial charge on any atom is 0.251 e. The normalized spacial score (nSPS) is 15.3. The Kier molecular flexibility index (Phi) is 4.37. The van der Waals surface area contributed by atoms with Gasteiger partial charge in [0.15, 0.2) is 0 Å². The molecule has 27 heavy (non-hydrogen) atoms. The van der Waals surface area contributed by atoms with Crippen LogP contribution in [0.15, 0.2) is 54.7 Å². The predicted molar refractivity (Wildman–Crippen MR) is 100.0 cm³/mol. The van der Waals surface area contributed by atoms with Crippen molar-refractivity contribution in [1.29, 1.82) is 0 Å². The quantitative estimate of drug-likeness (QED) is 0.717. The molecule has 0 aliphatic carbocycles. The molecule has 0 radical (unpaired) electrons. The van der Waals surface area contributed by atoms with Crippen LogP contribution in [0.5, 0.6) is 0 Å². The zero-order valence-electron chi connectivity index (χ0n) is 13.9. The van der Waals surface area contributed by atoms with Gasteiger partial charge in [0.25, 0.3) is 5.91 Å². The summed E-state index contributed by atoms with van der Waals surface area (Å²) < 4.78 is 14.7. The summed E-state index contributed by atoms with van der Waals surface area (Å²) in [4.78, 5) is 24.6. The highest BCUT2D eigenvalue weighted by Gasteiger charge is 2.35. The van der Waals surface area contributed by atoms with Crippen molar-refractivity contribution in [3.8, 4) is 11.1 Å². The number of anilines is 2. The number of carbonyl (C=O) groups excluding carboxylic acids is 2. The van der Waals surface area contributed by atoms with Crippen molar-refractivity contribution < 1.29 is 14.0 Å². The second-order valence-corrected chi connectivity index (χ2v) is 6.57. The molecule has 136 valence electrons. The topological polar surface area (TPSA) is 76.0 Å². The van der Waals surface area contributed by atoms with Crippen LogP contribution < -0.4 is 10.6 Å². The summed E-state index contributed by atoms with van der Waals surface area (Å²) in [5.41, 5.74) is 1.87. The SMILES string of the molecule is O=C(CC1C(=O)Nc2c(-c3cccc(Cl)c3)cnn21)Nc1cccc(F)c1. The molecule has 1 aromatic heterocycles. The van der Waals surface area contributed by atoms with Gasteiger partial charge in [-0.25, -0.2) is 9.07 Å². The lowest BCUT2D eigenvalue weighted by molar-refractivity contribution is -0.123. The molecular weight excluding hydrogens is 371 g/mol. The summed E-state index contributed by atoms with van der Waals surface area (Å²) in [7, 11) is 0. The monoisotopic (exact) mass is 384 g/mol. The number of halogens is 2. The van der Waals surface area contributed by atoms with E-state index >= 15 is 0 Å². The first-order valence-electron chi connectivity index (χ1n) is 8.21. The third-order valence-corrected chi connectivity index (χ3v) is 4.49. The Bertz CT molecular complexity index is 1050. The minimum Gasteiger partial charge on any atom is -0.326 e. The summed E-state index contributed by atoms with van der Waals surface area (Å²) in [6.45, 7) is 0. The van der Waals surface area contributed by atoms with Crippen LogP contribution in [0.1, 0.15) is 12.5 Å². The van der Waals surface area contributed by atoms with Crippen LogP contribution >= 0.6 is 11.6 Å². The van der Waals surface area contributed by atoms with Gasteiger partial charge in [0.1, 0.15) is 17.7 Å². The molecule has 0 saturated carbocycles. The van der Waals surface area contributed by atoms with E-state index in [-0.39, 0.29) is 12.3 Å². The molecule has 4 rings (SSSR count). The van der Waals surface area contributed by atoms with E-state index in [9.17, 15) is 14.0 Å². The molecule has 1 unspecified atom stereocenters. The van der Waals surface area contributed by atoms with E-state index in [1.807, 2.05) is 12.1 Å². The lowest BCUT2D eigenvalue weighted by Gasteiger charge is -2.10. The van der Waals surface area contributed by atoms with Gasteiger partial charge in [-0.05, 0) is 35.9 Å². The second kappa shape index (κ2) is 6.85. The van der Waals surface area contributed by atoms with E-state index in [0.717, 1.165) is 11.1 Å². The molecule has 2 amide bonds. The third kappa shape index (κ3) is 3.41. The highest BCUT2D eigenvalue weighted by Crippen LogP contribution is 2.36. The van der Waals surface area contributed by atoms with Gasteiger partial charge in [-0.1, -0.05) is 29.8 Å². The van der Waals surface area contributed by atoms with Crippen LogP contribution in [-0.4, -0.2) is 21.6 Å². The first-order valence-corrected chi connectivity index (χ1v) is 8.59. The molecule has 1 aliphatic heterocycles. The molecule has 3 aromatic rings. The molecular formula is C19H14ClFN4O2. The average Bonchev–Trinajstić information content (AvgIpc) is 3.15. The fraction of sp³-hybridized carbons (Fsp3) is 0.105. The first kappa shape index (κ1) is 17.2. The molecule has 2 heterocycles. The van der Waals surface area contributed by atoms with E-state index in [0.29, 0.717) is 16.5 Å². The Morgan fingerprint density at radius 2 is 2.07 bits per heavy atom. The van der Waals surface area contributed by atoms with E-state index < -0.39 is 17.8 Å². The zero-order valence-corrected chi connectivity index (χ0v) is 14.7. The second-order valence-electron chi connectivity index (χ2n) is 6.13. The number of carbonyl (C=O) groups is 2. The van der Waals surface area contributed by atoms with Gasteiger partial charge in [-0.3, -0.25) is 9.59 Å². The maximum atomic E-state index is 13.2. The van der Waals surface area contributed by atoms with E-state index in [4.69, 9.17) is 11.6 Å². The van der Waals surface area contributed by atoms with E-state index in [1.165, 1.54) is 22.9 Å². The number of amides is 2. The van der Waals surface area contributed by atoms with E-state index in [1.54, 1.807) is 24.4 Å². The molecule has 1 aliphatic rings. The third-order valence-electron chi connectivity index (χ3n) is 4.26. The number of hydrogen-bond acceptors (Lipinski definition) is 3. The van der Waals surface area contributed by atoms with Crippen molar-refractivity contribution in [3.05, 3.63) is 65.6 Å². The van der Waals surface area contributed by atoms with Gasteiger partial charge in [-0.15, -0.1) is 0 Å². The van der Waals surface area contributed by atoms with Crippen molar-refractivity contribution >= 4 is 34.9 Å². The van der Waals surface area contributed by atoms with Crippen LogP contribution in [0.2, 0.25) is 5.02 Å². The Labute approximate surface area is 158 Å². The standard InChI is InChI=1S/C19H14ClFN4O2/c20-12-4-1-3-11(7-12)15-10-22-25-16(19(27)24-18(15)25)9-17(26)23-14-6-2-5-13(21)8-14/h1-8,10,16H,9H2,(H,23,26)(H,24,27). The predicted octanol–water partition coefficient (Wildman–Crippen LogP) is 3.86. The van der Waals surface area contributed by atoms with E-state index in [2.05, 4.69) is 15.7 Å². The van der Waals surface area contributed by atoms with Gasteiger partial charge in [0.2, 0.25) is 5.91 Å². The van der Waals surface area contributed by atoms with Crippen molar-refractivity contribution in [3.63, 3.8) is 0 Å². The number of aromatic nitrogens is 2. The van der Waals surface area contributed by atoms with Gasteiger partial charge in [0.05, 0.1) is 12.6 Å². The summed E-state index contributed by atoms with van der Waals surface area (Å²) in [6.07, 6.45) is 1.50. The van der Waals surface area contributed by atoms with Crippen molar-refractivity contribution in [2.24, 2.45) is 0 Å². The summed E-state index contributed by atoms with van der Waals surface area (Å²) in [5, 5.41) is 10.2. The number of benzene rings is 2. The Morgan fingerprint density at radius 1 is 1.26 bits per heavy atom. The number of fused-ring (bicyclic) bond motifs is 1. The molecule has 2 aromatic carbocycles. The highest BCUT2D eigenvalue weighted by molar-refractivity contribution is 6.30. The lowest BCUT2D eigenvalue weighted by Crippen LogP contribution is -2.23. The number of hydrogen-bond donors (Lipinski definition) is 2. The summed E-state index contributed by atoms with van der Waals surface area (Å²) in [6, 6.07) is 12.0. The largest absolute Gasteiger partial charge is 0.326 e. The Balaban J connectivity index is 1.55. The molecule has 0 spiro atoms. The Hall–Kier alpha value is -3.19. The van der Waals surface area contributed by atoms with Crippen LogP contribution in [0.4, 0.5) is 15.9 Å². The van der Waals surface area contributed by atoms with Gasteiger partial charge in [-0.2, -0.15) is 5.10 Å². The fourth-order valence-electron chi connectivity index (χ4n) is 3.03. The van der Waals surface area contributed by atoms with Crippen LogP contribution in [-0.2, 0) is 9.59 Å². The van der Waals surface area contributed by atoms with Crippen molar-refractivity contribution in [1.82, 2.24) is 9.78 Å². The maximum absolute atomic E-state index is 13.2. The average molecular weight is 385 g/mol. The molecule has 2 N–H and O–H groups in total. The molecule has 0 saturated heterocycles. The van der Waals surface area contributed by atoms with Crippen molar-refractivity contribution in [2.45, 2.75) is 12.5 Å². The highest BCUT2D eigenvalue weighted by atomic mass is 35.5. The van der Waals surface area contributed by atoms with Gasteiger partial charge >= 0.3 is 0 Å². The number of rotatable bonds is 4. The minimum atomic E-state index is -0.776. The molecule has 8 heteroatoms. The first-order chi connectivity index (χ1) is 13.0. The molecule has 0 bridgehead atoms. The molecule has 0 fully saturated rings. The van der Waals surface area contributed by atoms with Crippen LogP contribution in [0, 0.1) is 5.82 Å². The van der Waals surface area contributed by atoms with Crippen molar-refractivity contribution in [2.75, 3.05) is 10.6 Å². The number of nitrogens with one attached hydrogen (secondary N) is 2. The van der Waals surface area contributed by atoms with Gasteiger partial charge < -0.3 is 10.6 Å².